The fourth-order valence-electron chi connectivity index (χ4n) is 3.49. The van der Waals surface area contributed by atoms with Crippen molar-refractivity contribution in [2.45, 2.75) is 38.5 Å². The van der Waals surface area contributed by atoms with Gasteiger partial charge in [-0.2, -0.15) is 0 Å². The normalized spacial score (nSPS) is 12.3. The van der Waals surface area contributed by atoms with Gasteiger partial charge in [0.25, 0.3) is 0 Å². The third kappa shape index (κ3) is 4.38. The molecule has 0 unspecified atom stereocenters. The van der Waals surface area contributed by atoms with Crippen LogP contribution in [0.15, 0.2) is 66.4 Å². The minimum atomic E-state index is -0.244. The molecule has 2 N–H and O–H groups in total. The largest absolute Gasteiger partial charge is 0.506 e. The summed E-state index contributed by atoms with van der Waals surface area (Å²) in [5, 5.41) is 20.1. The molecular formula is C24H22Br4O2. The molecule has 0 saturated carbocycles. The molecule has 158 valence electrons. The molecule has 0 aliphatic heterocycles. The number of benzene rings is 3. The van der Waals surface area contributed by atoms with E-state index in [2.05, 4.69) is 116 Å². The molecule has 6 heteroatoms. The van der Waals surface area contributed by atoms with Crippen LogP contribution in [-0.2, 0) is 10.8 Å². The Kier molecular flexibility index (Phi) is 6.84. The van der Waals surface area contributed by atoms with Gasteiger partial charge >= 0.3 is 0 Å². The Morgan fingerprint density at radius 3 is 0.967 bits per heavy atom. The molecule has 0 bridgehead atoms. The quantitative estimate of drug-likeness (QED) is 0.294. The smallest absolute Gasteiger partial charge is 0.143 e. The van der Waals surface area contributed by atoms with Crippen LogP contribution in [0.4, 0.5) is 0 Å². The number of phenolic OH excluding ortho intramolecular Hbond substituents is 2. The molecule has 0 saturated heterocycles. The van der Waals surface area contributed by atoms with Gasteiger partial charge in [-0.3, -0.25) is 0 Å². The van der Waals surface area contributed by atoms with Crippen LogP contribution in [0.1, 0.15) is 49.9 Å². The zero-order valence-corrected chi connectivity index (χ0v) is 23.4. The molecule has 0 heterocycles. The number of rotatable bonds is 4. The van der Waals surface area contributed by atoms with Gasteiger partial charge < -0.3 is 10.2 Å². The highest BCUT2D eigenvalue weighted by atomic mass is 79.9. The van der Waals surface area contributed by atoms with Crippen LogP contribution in [0.3, 0.4) is 0 Å². The van der Waals surface area contributed by atoms with Crippen molar-refractivity contribution in [3.63, 3.8) is 0 Å². The number of halogens is 4. The van der Waals surface area contributed by atoms with Gasteiger partial charge in [-0.1, -0.05) is 52.0 Å². The average molecular weight is 662 g/mol. The maximum atomic E-state index is 10.0. The van der Waals surface area contributed by atoms with Crippen molar-refractivity contribution < 1.29 is 10.2 Å². The second kappa shape index (κ2) is 8.61. The molecular weight excluding hydrogens is 640 g/mol. The lowest BCUT2D eigenvalue weighted by Crippen LogP contribution is -2.21. The fourth-order valence-corrected chi connectivity index (χ4v) is 5.86. The minimum absolute atomic E-state index is 0.206. The van der Waals surface area contributed by atoms with Crippen molar-refractivity contribution in [2.75, 3.05) is 0 Å². The van der Waals surface area contributed by atoms with Gasteiger partial charge in [0, 0.05) is 10.8 Å². The number of hydrogen-bond acceptors (Lipinski definition) is 2. The summed E-state index contributed by atoms with van der Waals surface area (Å²) in [6.07, 6.45) is 0. The van der Waals surface area contributed by atoms with Crippen LogP contribution in [-0.4, -0.2) is 10.2 Å². The summed E-state index contributed by atoms with van der Waals surface area (Å²) in [6, 6.07) is 16.5. The Morgan fingerprint density at radius 1 is 0.500 bits per heavy atom. The lowest BCUT2D eigenvalue weighted by atomic mass is 9.74. The number of phenols is 2. The van der Waals surface area contributed by atoms with Gasteiger partial charge in [-0.25, -0.2) is 0 Å². The number of hydrogen-bond donors (Lipinski definition) is 2. The highest BCUT2D eigenvalue weighted by Crippen LogP contribution is 2.42. The zero-order chi connectivity index (χ0) is 22.4. The van der Waals surface area contributed by atoms with Gasteiger partial charge in [-0.15, -0.1) is 0 Å². The van der Waals surface area contributed by atoms with E-state index in [9.17, 15) is 10.2 Å². The molecule has 0 radical (unpaired) electrons. The second-order valence-electron chi connectivity index (χ2n) is 8.40. The zero-order valence-electron chi connectivity index (χ0n) is 17.0. The molecule has 3 aromatic carbocycles. The van der Waals surface area contributed by atoms with Crippen LogP contribution in [0.5, 0.6) is 11.5 Å². The molecule has 3 rings (SSSR count). The molecule has 0 amide bonds. The van der Waals surface area contributed by atoms with E-state index in [1.54, 1.807) is 0 Å². The predicted octanol–water partition coefficient (Wildman–Crippen LogP) is 8.80. The SMILES string of the molecule is CC(C)(c1ccc(C(C)(C)c2cc(Br)c(O)c(Br)c2)cc1)c1cc(Br)c(O)c(Br)c1. The molecule has 0 aliphatic carbocycles. The first kappa shape index (κ1) is 23.8. The summed E-state index contributed by atoms with van der Waals surface area (Å²) < 4.78 is 2.67. The Hall–Kier alpha value is -0.820. The summed E-state index contributed by atoms with van der Waals surface area (Å²) in [4.78, 5) is 0. The number of aromatic hydroxyl groups is 2. The van der Waals surface area contributed by atoms with Gasteiger partial charge in [0.05, 0.1) is 17.9 Å². The van der Waals surface area contributed by atoms with Crippen molar-refractivity contribution >= 4 is 63.7 Å². The molecule has 3 aromatic rings. The average Bonchev–Trinajstić information content (AvgIpc) is 2.69. The first-order chi connectivity index (χ1) is 13.9. The monoisotopic (exact) mass is 658 g/mol. The summed E-state index contributed by atoms with van der Waals surface area (Å²) in [5.41, 5.74) is 4.06. The van der Waals surface area contributed by atoms with Crippen LogP contribution >= 0.6 is 63.7 Å². The maximum absolute atomic E-state index is 10.0. The van der Waals surface area contributed by atoms with E-state index < -0.39 is 0 Å². The Bertz CT molecular complexity index is 968. The third-order valence-corrected chi connectivity index (χ3v) is 8.22. The van der Waals surface area contributed by atoms with Gasteiger partial charge in [0.1, 0.15) is 11.5 Å². The van der Waals surface area contributed by atoms with Crippen molar-refractivity contribution in [1.29, 1.82) is 0 Å². The third-order valence-electron chi connectivity index (χ3n) is 5.81. The molecule has 2 nitrogen and oxygen atoms in total. The van der Waals surface area contributed by atoms with Crippen LogP contribution in [0, 0.1) is 0 Å². The van der Waals surface area contributed by atoms with E-state index in [-0.39, 0.29) is 22.3 Å². The van der Waals surface area contributed by atoms with Crippen molar-refractivity contribution in [3.8, 4) is 11.5 Å². The molecule has 0 aliphatic rings. The van der Waals surface area contributed by atoms with Crippen molar-refractivity contribution in [1.82, 2.24) is 0 Å². The maximum Gasteiger partial charge on any atom is 0.143 e. The molecule has 0 fully saturated rings. The minimum Gasteiger partial charge on any atom is -0.506 e. The van der Waals surface area contributed by atoms with E-state index in [1.807, 2.05) is 24.3 Å². The highest BCUT2D eigenvalue weighted by Gasteiger charge is 2.28. The molecule has 0 atom stereocenters. The van der Waals surface area contributed by atoms with Gasteiger partial charge in [0.2, 0.25) is 0 Å². The first-order valence-electron chi connectivity index (χ1n) is 9.33. The van der Waals surface area contributed by atoms with Crippen LogP contribution in [0.25, 0.3) is 0 Å². The standard InChI is InChI=1S/C24H22Br4O2/c1-23(2,15-9-17(25)21(29)18(26)10-15)13-5-7-14(8-6-13)24(3,4)16-11-19(27)22(30)20(28)12-16/h5-12,29-30H,1-4H3. The molecule has 0 spiro atoms. The van der Waals surface area contributed by atoms with Crippen LogP contribution < -0.4 is 0 Å². The first-order valence-corrected chi connectivity index (χ1v) is 12.5. The van der Waals surface area contributed by atoms with E-state index in [0.717, 1.165) is 11.1 Å². The van der Waals surface area contributed by atoms with Gasteiger partial charge in [0.15, 0.2) is 0 Å². The van der Waals surface area contributed by atoms with Crippen LogP contribution in [0.2, 0.25) is 0 Å². The molecule has 30 heavy (non-hydrogen) atoms. The topological polar surface area (TPSA) is 40.5 Å². The van der Waals surface area contributed by atoms with E-state index in [4.69, 9.17) is 0 Å². The Morgan fingerprint density at radius 2 is 0.733 bits per heavy atom. The lowest BCUT2D eigenvalue weighted by Gasteiger charge is -2.30. The summed E-state index contributed by atoms with van der Waals surface area (Å²) in [6.45, 7) is 8.69. The van der Waals surface area contributed by atoms with E-state index in [0.29, 0.717) is 17.9 Å². The van der Waals surface area contributed by atoms with Crippen molar-refractivity contribution in [2.24, 2.45) is 0 Å². The van der Waals surface area contributed by atoms with E-state index >= 15 is 0 Å². The van der Waals surface area contributed by atoms with Crippen molar-refractivity contribution in [3.05, 3.63) is 88.7 Å². The predicted molar refractivity (Wildman–Crippen MR) is 138 cm³/mol. The Balaban J connectivity index is 1.99. The fraction of sp³-hybridized carbons (Fsp3) is 0.250. The molecule has 0 aromatic heterocycles. The highest BCUT2D eigenvalue weighted by molar-refractivity contribution is 9.11. The Labute approximate surface area is 211 Å². The second-order valence-corrected chi connectivity index (χ2v) is 11.8. The summed E-state index contributed by atoms with van der Waals surface area (Å²) >= 11 is 13.7. The van der Waals surface area contributed by atoms with Gasteiger partial charge in [-0.05, 0) is 110 Å². The lowest BCUT2D eigenvalue weighted by molar-refractivity contribution is 0.466. The summed E-state index contributed by atoms with van der Waals surface area (Å²) in [5.74, 6) is 0.413. The summed E-state index contributed by atoms with van der Waals surface area (Å²) in [7, 11) is 0. The van der Waals surface area contributed by atoms with E-state index in [1.165, 1.54) is 11.1 Å².